The largest absolute Gasteiger partial charge is 0.392 e. The van der Waals surface area contributed by atoms with Crippen LogP contribution in [-0.2, 0) is 4.79 Å². The third kappa shape index (κ3) is 1.25. The minimum absolute atomic E-state index is 0.0498. The summed E-state index contributed by atoms with van der Waals surface area (Å²) in [4.78, 5) is 11.2. The molecule has 1 saturated heterocycles. The molecule has 0 bridgehead atoms. The lowest BCUT2D eigenvalue weighted by Gasteiger charge is -2.38. The molecule has 3 N–H and O–H groups in total. The summed E-state index contributed by atoms with van der Waals surface area (Å²) >= 11 is 0. The minimum atomic E-state index is -0.539. The highest BCUT2D eigenvalue weighted by atomic mass is 16.3. The van der Waals surface area contributed by atoms with Crippen molar-refractivity contribution in [2.75, 3.05) is 6.54 Å². The summed E-state index contributed by atoms with van der Waals surface area (Å²) in [5.41, 5.74) is -0.539. The first-order valence-corrected chi connectivity index (χ1v) is 4.78. The normalized spacial score (nSPS) is 45.2. The highest BCUT2D eigenvalue weighted by Crippen LogP contribution is 2.45. The third-order valence-corrected chi connectivity index (χ3v) is 3.44. The molecule has 1 saturated carbocycles. The summed E-state index contributed by atoms with van der Waals surface area (Å²) in [5.74, 6) is -0.0498. The van der Waals surface area contributed by atoms with Crippen LogP contribution < -0.4 is 5.32 Å². The molecular weight excluding hydrogens is 170 g/mol. The summed E-state index contributed by atoms with van der Waals surface area (Å²) in [5, 5.41) is 22.2. The van der Waals surface area contributed by atoms with E-state index in [4.69, 9.17) is 0 Å². The molecule has 13 heavy (non-hydrogen) atoms. The van der Waals surface area contributed by atoms with Gasteiger partial charge in [-0.1, -0.05) is 0 Å². The van der Waals surface area contributed by atoms with Crippen LogP contribution in [0.3, 0.4) is 0 Å². The first-order chi connectivity index (χ1) is 6.15. The fourth-order valence-corrected chi connectivity index (χ4v) is 2.57. The Kier molecular flexibility index (Phi) is 2.04. The van der Waals surface area contributed by atoms with Gasteiger partial charge in [0.2, 0.25) is 5.91 Å². The van der Waals surface area contributed by atoms with Crippen LogP contribution in [-0.4, -0.2) is 34.9 Å². The van der Waals surface area contributed by atoms with E-state index in [1.807, 2.05) is 0 Å². The van der Waals surface area contributed by atoms with Gasteiger partial charge in [0.25, 0.3) is 0 Å². The molecule has 2 atom stereocenters. The lowest BCUT2D eigenvalue weighted by atomic mass is 9.74. The molecule has 74 valence electrons. The van der Waals surface area contributed by atoms with Gasteiger partial charge in [0.1, 0.15) is 0 Å². The molecule has 2 fully saturated rings. The van der Waals surface area contributed by atoms with E-state index in [1.165, 1.54) is 0 Å². The van der Waals surface area contributed by atoms with Gasteiger partial charge in [-0.3, -0.25) is 4.79 Å². The van der Waals surface area contributed by atoms with Gasteiger partial charge in [-0.2, -0.15) is 0 Å². The van der Waals surface area contributed by atoms with Crippen molar-refractivity contribution in [3.8, 4) is 0 Å². The van der Waals surface area contributed by atoms with Gasteiger partial charge in [-0.05, 0) is 19.3 Å². The number of hydrogen-bond donors (Lipinski definition) is 3. The van der Waals surface area contributed by atoms with E-state index in [-0.39, 0.29) is 12.3 Å². The second kappa shape index (κ2) is 2.96. The van der Waals surface area contributed by atoms with Crippen LogP contribution >= 0.6 is 0 Å². The standard InChI is InChI=1S/C9H15NO3/c11-6-1-2-7(12)9(6)3-4-10-8(13)5-9/h6-7,11-12H,1-5H2,(H,10,13). The fraction of sp³-hybridized carbons (Fsp3) is 0.889. The van der Waals surface area contributed by atoms with Crippen molar-refractivity contribution < 1.29 is 15.0 Å². The summed E-state index contributed by atoms with van der Waals surface area (Å²) < 4.78 is 0. The van der Waals surface area contributed by atoms with Gasteiger partial charge in [-0.25, -0.2) is 0 Å². The van der Waals surface area contributed by atoms with Crippen molar-refractivity contribution in [1.82, 2.24) is 5.32 Å². The highest BCUT2D eigenvalue weighted by molar-refractivity contribution is 5.77. The van der Waals surface area contributed by atoms with E-state index in [1.54, 1.807) is 0 Å². The maximum Gasteiger partial charge on any atom is 0.220 e. The Balaban J connectivity index is 2.21. The quantitative estimate of drug-likeness (QED) is 0.472. The molecule has 0 aromatic heterocycles. The molecule has 1 aliphatic heterocycles. The molecule has 4 heteroatoms. The fourth-order valence-electron chi connectivity index (χ4n) is 2.57. The summed E-state index contributed by atoms with van der Waals surface area (Å²) in [7, 11) is 0. The van der Waals surface area contributed by atoms with Crippen molar-refractivity contribution in [2.24, 2.45) is 5.41 Å². The predicted octanol–water partition coefficient (Wildman–Crippen LogP) is -0.602. The van der Waals surface area contributed by atoms with E-state index >= 15 is 0 Å². The van der Waals surface area contributed by atoms with Crippen molar-refractivity contribution in [1.29, 1.82) is 0 Å². The number of carbonyl (C=O) groups is 1. The number of piperidine rings is 1. The van der Waals surface area contributed by atoms with Crippen LogP contribution in [0.15, 0.2) is 0 Å². The van der Waals surface area contributed by atoms with Gasteiger partial charge in [0.05, 0.1) is 12.2 Å². The third-order valence-electron chi connectivity index (χ3n) is 3.44. The minimum Gasteiger partial charge on any atom is -0.392 e. The van der Waals surface area contributed by atoms with Gasteiger partial charge in [0, 0.05) is 18.4 Å². The van der Waals surface area contributed by atoms with Crippen LogP contribution in [0.1, 0.15) is 25.7 Å². The number of amides is 1. The summed E-state index contributed by atoms with van der Waals surface area (Å²) in [6.45, 7) is 0.576. The molecular formula is C9H15NO3. The van der Waals surface area contributed by atoms with Crippen LogP contribution in [0, 0.1) is 5.41 Å². The number of rotatable bonds is 0. The molecule has 0 radical (unpaired) electrons. The van der Waals surface area contributed by atoms with Crippen molar-refractivity contribution >= 4 is 5.91 Å². The molecule has 4 nitrogen and oxygen atoms in total. The number of aliphatic hydroxyl groups excluding tert-OH is 2. The van der Waals surface area contributed by atoms with Crippen molar-refractivity contribution in [3.05, 3.63) is 0 Å². The van der Waals surface area contributed by atoms with Crippen LogP contribution in [0.2, 0.25) is 0 Å². The smallest absolute Gasteiger partial charge is 0.220 e. The zero-order valence-electron chi connectivity index (χ0n) is 7.49. The van der Waals surface area contributed by atoms with Gasteiger partial charge >= 0.3 is 0 Å². The second-order valence-corrected chi connectivity index (χ2v) is 4.12. The lowest BCUT2D eigenvalue weighted by Crippen LogP contribution is -2.49. The van der Waals surface area contributed by atoms with E-state index in [0.29, 0.717) is 25.8 Å². The molecule has 1 aliphatic carbocycles. The first-order valence-electron chi connectivity index (χ1n) is 4.78. The van der Waals surface area contributed by atoms with Gasteiger partial charge in [-0.15, -0.1) is 0 Å². The SMILES string of the molecule is O=C1CC2(CCN1)C(O)CCC2O. The van der Waals surface area contributed by atoms with Crippen LogP contribution in [0.4, 0.5) is 0 Å². The average molecular weight is 185 g/mol. The van der Waals surface area contributed by atoms with E-state index in [2.05, 4.69) is 5.32 Å². The first kappa shape index (κ1) is 8.97. The lowest BCUT2D eigenvalue weighted by molar-refractivity contribution is -0.133. The Morgan fingerprint density at radius 3 is 2.46 bits per heavy atom. The van der Waals surface area contributed by atoms with E-state index in [0.717, 1.165) is 0 Å². The zero-order chi connectivity index (χ0) is 9.47. The molecule has 2 rings (SSSR count). The molecule has 2 aliphatic rings. The van der Waals surface area contributed by atoms with Crippen LogP contribution in [0.25, 0.3) is 0 Å². The number of nitrogens with one attached hydrogen (secondary N) is 1. The Hall–Kier alpha value is -0.610. The summed E-state index contributed by atoms with van der Waals surface area (Å²) in [6.07, 6.45) is 1.20. The highest BCUT2D eigenvalue weighted by Gasteiger charge is 2.51. The molecule has 1 amide bonds. The second-order valence-electron chi connectivity index (χ2n) is 4.12. The topological polar surface area (TPSA) is 69.6 Å². The number of carbonyl (C=O) groups excluding carboxylic acids is 1. The Morgan fingerprint density at radius 1 is 1.31 bits per heavy atom. The van der Waals surface area contributed by atoms with Crippen LogP contribution in [0.5, 0.6) is 0 Å². The van der Waals surface area contributed by atoms with Gasteiger partial charge < -0.3 is 15.5 Å². The van der Waals surface area contributed by atoms with Gasteiger partial charge in [0.15, 0.2) is 0 Å². The number of hydrogen-bond acceptors (Lipinski definition) is 3. The van der Waals surface area contributed by atoms with Crippen molar-refractivity contribution in [3.63, 3.8) is 0 Å². The summed E-state index contributed by atoms with van der Waals surface area (Å²) in [6, 6.07) is 0. The monoisotopic (exact) mass is 185 g/mol. The molecule has 0 aromatic rings. The Labute approximate surface area is 76.9 Å². The molecule has 0 aromatic carbocycles. The maximum atomic E-state index is 11.2. The zero-order valence-corrected chi connectivity index (χ0v) is 7.49. The van der Waals surface area contributed by atoms with Crippen molar-refractivity contribution in [2.45, 2.75) is 37.9 Å². The Bertz CT molecular complexity index is 219. The van der Waals surface area contributed by atoms with E-state index in [9.17, 15) is 15.0 Å². The predicted molar refractivity (Wildman–Crippen MR) is 45.9 cm³/mol. The molecule has 2 unspecified atom stereocenters. The number of aliphatic hydroxyl groups is 2. The maximum absolute atomic E-state index is 11.2. The molecule has 1 spiro atoms. The average Bonchev–Trinajstić information content (AvgIpc) is 2.34. The molecule has 1 heterocycles. The van der Waals surface area contributed by atoms with E-state index < -0.39 is 17.6 Å². The Morgan fingerprint density at radius 2 is 1.92 bits per heavy atom.